The van der Waals surface area contributed by atoms with Crippen LogP contribution in [-0.2, 0) is 0 Å². The summed E-state index contributed by atoms with van der Waals surface area (Å²) in [6.45, 7) is 0. The first kappa shape index (κ1) is 13.9. The Morgan fingerprint density at radius 2 is 1.52 bits per heavy atom. The quantitative estimate of drug-likeness (QED) is 0.279. The zero-order valence-electron chi connectivity index (χ0n) is 10.8. The average molecular weight is 396 g/mol. The fourth-order valence-electron chi connectivity index (χ4n) is 2.33. The van der Waals surface area contributed by atoms with Gasteiger partial charge in [-0.2, -0.15) is 0 Å². The molecule has 0 aliphatic carbocycles. The topological polar surface area (TPSA) is 70.8 Å². The SMILES string of the molecule is O=[N+]([O-])C1=NNN(I)[N+]1(c1ccccc1)c1ccccc1. The molecule has 0 fully saturated rings. The molecule has 106 valence electrons. The highest BCUT2D eigenvalue weighted by Crippen LogP contribution is 2.40. The summed E-state index contributed by atoms with van der Waals surface area (Å²) in [6.07, 6.45) is 0. The minimum atomic E-state index is -0.467. The maximum atomic E-state index is 11.5. The van der Waals surface area contributed by atoms with Crippen LogP contribution < -0.4 is 10.1 Å². The van der Waals surface area contributed by atoms with E-state index in [-0.39, 0.29) is 10.6 Å². The number of nitro groups is 1. The van der Waals surface area contributed by atoms with Crippen LogP contribution in [0.4, 0.5) is 11.4 Å². The molecule has 1 aliphatic heterocycles. The van der Waals surface area contributed by atoms with E-state index in [2.05, 4.69) is 10.6 Å². The molecular formula is C13H11IN5O2+. The summed E-state index contributed by atoms with van der Waals surface area (Å²) < 4.78 is 1.34. The lowest BCUT2D eigenvalue weighted by molar-refractivity contribution is -0.362. The van der Waals surface area contributed by atoms with Crippen LogP contribution in [0.5, 0.6) is 0 Å². The summed E-state index contributed by atoms with van der Waals surface area (Å²) in [7, 11) is 0. The molecule has 1 aliphatic rings. The van der Waals surface area contributed by atoms with Crippen LogP contribution in [0.1, 0.15) is 0 Å². The number of nitrogens with zero attached hydrogens (tertiary/aromatic N) is 4. The molecule has 21 heavy (non-hydrogen) atoms. The summed E-state index contributed by atoms with van der Waals surface area (Å²) >= 11 is 1.98. The van der Waals surface area contributed by atoms with Gasteiger partial charge in [-0.25, -0.2) is 0 Å². The fraction of sp³-hybridized carbons (Fsp3) is 0. The highest BCUT2D eigenvalue weighted by molar-refractivity contribution is 14.1. The van der Waals surface area contributed by atoms with Crippen molar-refractivity contribution in [1.29, 1.82) is 0 Å². The number of guanidine groups is 1. The number of nitrogens with one attached hydrogen (secondary N) is 1. The molecule has 2 aromatic carbocycles. The molecule has 2 aromatic rings. The Kier molecular flexibility index (Phi) is 3.57. The van der Waals surface area contributed by atoms with Crippen molar-refractivity contribution in [2.24, 2.45) is 5.10 Å². The van der Waals surface area contributed by atoms with E-state index in [4.69, 9.17) is 0 Å². The van der Waals surface area contributed by atoms with E-state index in [1.54, 1.807) is 3.33 Å². The standard InChI is InChI=1S/C13H11IN5O2/c14-18-16-15-13(17(20)21)19(18,11-7-3-1-4-8-11)12-9-5-2-6-10-12/h1-10,16H/q+1. The average Bonchev–Trinajstić information content (AvgIpc) is 2.87. The largest absolute Gasteiger partial charge is 0.594 e. The number of hydrazone groups is 1. The van der Waals surface area contributed by atoms with E-state index in [0.29, 0.717) is 0 Å². The van der Waals surface area contributed by atoms with E-state index >= 15 is 0 Å². The molecule has 0 saturated carbocycles. The zero-order valence-corrected chi connectivity index (χ0v) is 12.9. The zero-order chi connectivity index (χ0) is 14.9. The van der Waals surface area contributed by atoms with Crippen LogP contribution in [0.15, 0.2) is 65.8 Å². The monoisotopic (exact) mass is 396 g/mol. The number of benzene rings is 2. The van der Waals surface area contributed by atoms with E-state index < -0.39 is 4.92 Å². The molecule has 1 N–H and O–H groups in total. The number of para-hydroxylation sites is 2. The first-order valence-corrected chi connectivity index (χ1v) is 7.09. The summed E-state index contributed by atoms with van der Waals surface area (Å²) in [5.74, 6) is -0.207. The van der Waals surface area contributed by atoms with Crippen LogP contribution in [-0.4, -0.2) is 14.2 Å². The predicted octanol–water partition coefficient (Wildman–Crippen LogP) is 2.96. The van der Waals surface area contributed by atoms with Crippen LogP contribution in [0.2, 0.25) is 0 Å². The van der Waals surface area contributed by atoms with Gasteiger partial charge in [-0.05, 0) is 4.59 Å². The number of hydrogen-bond acceptors (Lipinski definition) is 5. The van der Waals surface area contributed by atoms with Gasteiger partial charge in [0.25, 0.3) is 0 Å². The lowest BCUT2D eigenvalue weighted by Gasteiger charge is -2.29. The van der Waals surface area contributed by atoms with Gasteiger partial charge >= 0.3 is 5.96 Å². The van der Waals surface area contributed by atoms with Gasteiger partial charge in [0.05, 0.1) is 3.33 Å². The first-order chi connectivity index (χ1) is 10.2. The van der Waals surface area contributed by atoms with Crippen molar-refractivity contribution in [2.45, 2.75) is 0 Å². The summed E-state index contributed by atoms with van der Waals surface area (Å²) in [5, 5.41) is 15.4. The number of halogens is 1. The molecule has 0 atom stereocenters. The van der Waals surface area contributed by atoms with Crippen LogP contribution >= 0.6 is 22.9 Å². The van der Waals surface area contributed by atoms with Gasteiger partial charge in [0, 0.05) is 29.2 Å². The highest BCUT2D eigenvalue weighted by Gasteiger charge is 2.59. The smallest absolute Gasteiger partial charge is 0.354 e. The number of hydrazine groups is 1. The van der Waals surface area contributed by atoms with Crippen molar-refractivity contribution in [3.8, 4) is 0 Å². The van der Waals surface area contributed by atoms with Crippen molar-refractivity contribution in [1.82, 2.24) is 13.5 Å². The second kappa shape index (κ2) is 5.39. The highest BCUT2D eigenvalue weighted by atomic mass is 127. The van der Waals surface area contributed by atoms with Crippen molar-refractivity contribution in [3.63, 3.8) is 0 Å². The Hall–Kier alpha value is -2.04. The van der Waals surface area contributed by atoms with Gasteiger partial charge in [-0.1, -0.05) is 41.9 Å². The Labute approximate surface area is 134 Å². The molecule has 0 radical (unpaired) electrons. The van der Waals surface area contributed by atoms with E-state index in [9.17, 15) is 10.1 Å². The Bertz CT molecular complexity index is 653. The van der Waals surface area contributed by atoms with Crippen molar-refractivity contribution in [2.75, 3.05) is 0 Å². The molecule has 0 bridgehead atoms. The van der Waals surface area contributed by atoms with Gasteiger partial charge in [-0.3, -0.25) is 0 Å². The maximum absolute atomic E-state index is 11.5. The third kappa shape index (κ3) is 2.07. The third-order valence-corrected chi connectivity index (χ3v) is 4.07. The predicted molar refractivity (Wildman–Crippen MR) is 87.8 cm³/mol. The molecule has 0 amide bonds. The van der Waals surface area contributed by atoms with Crippen LogP contribution in [0.25, 0.3) is 0 Å². The lowest BCUT2D eigenvalue weighted by Crippen LogP contribution is -2.57. The van der Waals surface area contributed by atoms with Crippen molar-refractivity contribution >= 4 is 40.2 Å². The second-order valence-corrected chi connectivity index (χ2v) is 5.25. The number of rotatable bonds is 2. The number of hydrogen-bond donors (Lipinski definition) is 1. The van der Waals surface area contributed by atoms with Gasteiger partial charge in [0.1, 0.15) is 28.0 Å². The van der Waals surface area contributed by atoms with Crippen molar-refractivity contribution in [3.05, 3.63) is 70.8 Å². The molecule has 3 rings (SSSR count). The van der Waals surface area contributed by atoms with E-state index in [1.165, 1.54) is 0 Å². The molecule has 1 heterocycles. The molecular weight excluding hydrogens is 385 g/mol. The molecule has 0 unspecified atom stereocenters. The lowest BCUT2D eigenvalue weighted by atomic mass is 10.2. The van der Waals surface area contributed by atoms with E-state index in [1.807, 2.05) is 83.5 Å². The molecule has 0 saturated heterocycles. The summed E-state index contributed by atoms with van der Waals surface area (Å²) in [5.41, 5.74) is 4.12. The van der Waals surface area contributed by atoms with Crippen LogP contribution in [0.3, 0.4) is 0 Å². The third-order valence-electron chi connectivity index (χ3n) is 3.21. The minimum absolute atomic E-state index is 0.207. The van der Waals surface area contributed by atoms with E-state index in [0.717, 1.165) is 11.4 Å². The Morgan fingerprint density at radius 3 is 1.95 bits per heavy atom. The fourth-order valence-corrected chi connectivity index (χ4v) is 3.13. The summed E-state index contributed by atoms with van der Waals surface area (Å²) in [4.78, 5) is 11.0. The molecule has 0 aromatic heterocycles. The Balaban J connectivity index is 2.31. The van der Waals surface area contributed by atoms with Crippen LogP contribution in [0, 0.1) is 10.1 Å². The van der Waals surface area contributed by atoms with Crippen molar-refractivity contribution < 1.29 is 4.92 Å². The molecule has 0 spiro atoms. The maximum Gasteiger partial charge on any atom is 0.594 e. The number of quaternary nitrogens is 1. The second-order valence-electron chi connectivity index (χ2n) is 4.34. The van der Waals surface area contributed by atoms with Gasteiger partial charge < -0.3 is 10.1 Å². The Morgan fingerprint density at radius 1 is 1.05 bits per heavy atom. The van der Waals surface area contributed by atoms with Gasteiger partial charge in [0.15, 0.2) is 11.4 Å². The normalized spacial score (nSPS) is 17.1. The molecule has 7 nitrogen and oxygen atoms in total. The molecule has 8 heteroatoms. The summed E-state index contributed by atoms with van der Waals surface area (Å²) in [6, 6.07) is 18.5. The van der Waals surface area contributed by atoms with Gasteiger partial charge in [0.2, 0.25) is 0 Å². The first-order valence-electron chi connectivity index (χ1n) is 6.12. The van der Waals surface area contributed by atoms with Gasteiger partial charge in [-0.15, -0.1) is 0 Å². The minimum Gasteiger partial charge on any atom is -0.354 e.